The molecule has 0 amide bonds. The molecule has 1 aromatic rings. The minimum Gasteiger partial charge on any atom is -0.508 e. The number of aromatic hydroxyl groups is 1. The van der Waals surface area contributed by atoms with Crippen molar-refractivity contribution in [3.05, 3.63) is 29.3 Å². The fourth-order valence-electron chi connectivity index (χ4n) is 1.02. The summed E-state index contributed by atoms with van der Waals surface area (Å²) in [6, 6.07) is 4.51. The molecule has 1 rings (SSSR count). The molecule has 0 spiro atoms. The van der Waals surface area contributed by atoms with E-state index >= 15 is 0 Å². The zero-order valence-corrected chi connectivity index (χ0v) is 6.74. The van der Waals surface area contributed by atoms with Crippen LogP contribution in [0, 0.1) is 6.92 Å². The van der Waals surface area contributed by atoms with Crippen molar-refractivity contribution in [2.45, 2.75) is 6.92 Å². The Morgan fingerprint density at radius 3 is 2.58 bits per heavy atom. The topological polar surface area (TPSA) is 57.5 Å². The van der Waals surface area contributed by atoms with Gasteiger partial charge in [0.15, 0.2) is 5.78 Å². The van der Waals surface area contributed by atoms with E-state index in [4.69, 9.17) is 10.2 Å². The van der Waals surface area contributed by atoms with E-state index in [2.05, 4.69) is 0 Å². The van der Waals surface area contributed by atoms with Crippen LogP contribution in [0.25, 0.3) is 0 Å². The molecule has 3 heteroatoms. The fraction of sp³-hybridized carbons (Fsp3) is 0.222. The molecule has 0 radical (unpaired) electrons. The maximum atomic E-state index is 11.0. The zero-order chi connectivity index (χ0) is 9.14. The molecular formula is C9H10O3. The van der Waals surface area contributed by atoms with Gasteiger partial charge in [0.1, 0.15) is 12.4 Å². The molecule has 1 aromatic carbocycles. The highest BCUT2D eigenvalue weighted by Crippen LogP contribution is 2.15. The Kier molecular flexibility index (Phi) is 2.45. The van der Waals surface area contributed by atoms with Crippen LogP contribution in [0.1, 0.15) is 15.9 Å². The van der Waals surface area contributed by atoms with Crippen molar-refractivity contribution in [1.29, 1.82) is 0 Å². The minimum atomic E-state index is -0.525. The maximum Gasteiger partial charge on any atom is 0.188 e. The van der Waals surface area contributed by atoms with Crippen LogP contribution >= 0.6 is 0 Å². The number of hydrogen-bond acceptors (Lipinski definition) is 3. The number of carbonyl (C=O) groups is 1. The Morgan fingerprint density at radius 1 is 1.42 bits per heavy atom. The van der Waals surface area contributed by atoms with E-state index in [0.29, 0.717) is 5.56 Å². The number of aliphatic hydroxyl groups excluding tert-OH is 1. The molecule has 2 N–H and O–H groups in total. The van der Waals surface area contributed by atoms with Crippen molar-refractivity contribution in [1.82, 2.24) is 0 Å². The van der Waals surface area contributed by atoms with Crippen LogP contribution in [0.3, 0.4) is 0 Å². The van der Waals surface area contributed by atoms with Gasteiger partial charge in [-0.2, -0.15) is 0 Å². The van der Waals surface area contributed by atoms with E-state index in [9.17, 15) is 4.79 Å². The highest BCUT2D eigenvalue weighted by Gasteiger charge is 2.05. The number of phenolic OH excluding ortho intramolecular Hbond substituents is 1. The molecule has 0 saturated heterocycles. The van der Waals surface area contributed by atoms with Crippen LogP contribution in [0.5, 0.6) is 5.75 Å². The molecule has 0 aliphatic heterocycles. The number of carbonyl (C=O) groups excluding carboxylic acids is 1. The standard InChI is InChI=1S/C9H10O3/c1-6-2-7(9(12)5-10)4-8(11)3-6/h2-4,10-11H,5H2,1H3. The monoisotopic (exact) mass is 166 g/mol. The molecule has 0 aliphatic carbocycles. The van der Waals surface area contributed by atoms with Crippen molar-refractivity contribution in [3.63, 3.8) is 0 Å². The van der Waals surface area contributed by atoms with Crippen LogP contribution in [0.2, 0.25) is 0 Å². The lowest BCUT2D eigenvalue weighted by atomic mass is 10.1. The number of ketones is 1. The molecule has 0 saturated carbocycles. The number of benzene rings is 1. The Balaban J connectivity index is 3.08. The van der Waals surface area contributed by atoms with Crippen LogP contribution in [0.15, 0.2) is 18.2 Å². The van der Waals surface area contributed by atoms with E-state index in [-0.39, 0.29) is 11.5 Å². The second-order valence-electron chi connectivity index (χ2n) is 2.64. The zero-order valence-electron chi connectivity index (χ0n) is 6.74. The van der Waals surface area contributed by atoms with Crippen LogP contribution < -0.4 is 0 Å². The molecule has 0 aromatic heterocycles. The van der Waals surface area contributed by atoms with Crippen molar-refractivity contribution in [2.75, 3.05) is 6.61 Å². The number of hydrogen-bond donors (Lipinski definition) is 2. The molecule has 0 bridgehead atoms. The fourth-order valence-corrected chi connectivity index (χ4v) is 1.02. The summed E-state index contributed by atoms with van der Waals surface area (Å²) < 4.78 is 0. The molecule has 0 aliphatic rings. The highest BCUT2D eigenvalue weighted by molar-refractivity contribution is 5.97. The smallest absolute Gasteiger partial charge is 0.188 e. The van der Waals surface area contributed by atoms with Crippen LogP contribution in [0.4, 0.5) is 0 Å². The summed E-state index contributed by atoms with van der Waals surface area (Å²) in [5, 5.41) is 17.6. The van der Waals surface area contributed by atoms with Gasteiger partial charge in [0, 0.05) is 5.56 Å². The van der Waals surface area contributed by atoms with Crippen molar-refractivity contribution < 1.29 is 15.0 Å². The average molecular weight is 166 g/mol. The largest absolute Gasteiger partial charge is 0.508 e. The number of aryl methyl sites for hydroxylation is 1. The number of phenols is 1. The summed E-state index contributed by atoms with van der Waals surface area (Å²) in [6.45, 7) is 1.25. The lowest BCUT2D eigenvalue weighted by Gasteiger charge is -2.00. The molecule has 0 heterocycles. The second kappa shape index (κ2) is 3.36. The Hall–Kier alpha value is -1.35. The molecule has 12 heavy (non-hydrogen) atoms. The lowest BCUT2D eigenvalue weighted by Crippen LogP contribution is -2.04. The first-order chi connectivity index (χ1) is 5.63. The molecule has 0 unspecified atom stereocenters. The third-order valence-corrected chi connectivity index (χ3v) is 1.53. The predicted octanol–water partition coefficient (Wildman–Crippen LogP) is 0.876. The van der Waals surface area contributed by atoms with Crippen LogP contribution in [-0.4, -0.2) is 22.6 Å². The third kappa shape index (κ3) is 1.83. The van der Waals surface area contributed by atoms with Gasteiger partial charge >= 0.3 is 0 Å². The van der Waals surface area contributed by atoms with Gasteiger partial charge in [-0.25, -0.2) is 0 Å². The summed E-state index contributed by atoms with van der Waals surface area (Å²) >= 11 is 0. The summed E-state index contributed by atoms with van der Waals surface area (Å²) in [5.41, 5.74) is 1.14. The summed E-state index contributed by atoms with van der Waals surface area (Å²) in [4.78, 5) is 11.0. The second-order valence-corrected chi connectivity index (χ2v) is 2.64. The van der Waals surface area contributed by atoms with E-state index in [1.165, 1.54) is 6.07 Å². The van der Waals surface area contributed by atoms with Gasteiger partial charge in [-0.3, -0.25) is 4.79 Å². The van der Waals surface area contributed by atoms with E-state index in [1.807, 2.05) is 0 Å². The van der Waals surface area contributed by atoms with Crippen molar-refractivity contribution in [3.8, 4) is 5.75 Å². The molecule has 0 fully saturated rings. The van der Waals surface area contributed by atoms with Gasteiger partial charge < -0.3 is 10.2 Å². The quantitative estimate of drug-likeness (QED) is 0.641. The van der Waals surface area contributed by atoms with Gasteiger partial charge in [0.2, 0.25) is 0 Å². The van der Waals surface area contributed by atoms with Gasteiger partial charge in [0.05, 0.1) is 0 Å². The normalized spacial score (nSPS) is 9.83. The molecular weight excluding hydrogens is 156 g/mol. The van der Waals surface area contributed by atoms with E-state index < -0.39 is 6.61 Å². The molecule has 64 valence electrons. The van der Waals surface area contributed by atoms with Crippen molar-refractivity contribution >= 4 is 5.78 Å². The average Bonchev–Trinajstić information content (AvgIpc) is 2.01. The highest BCUT2D eigenvalue weighted by atomic mass is 16.3. The van der Waals surface area contributed by atoms with Crippen LogP contribution in [-0.2, 0) is 0 Å². The first-order valence-electron chi connectivity index (χ1n) is 3.58. The SMILES string of the molecule is Cc1cc(O)cc(C(=O)CO)c1. The van der Waals surface area contributed by atoms with Gasteiger partial charge in [-0.1, -0.05) is 0 Å². The van der Waals surface area contributed by atoms with Gasteiger partial charge in [-0.15, -0.1) is 0 Å². The Morgan fingerprint density at radius 2 is 2.08 bits per heavy atom. The maximum absolute atomic E-state index is 11.0. The summed E-state index contributed by atoms with van der Waals surface area (Å²) in [5.74, 6) is -0.333. The number of rotatable bonds is 2. The number of Topliss-reactive ketones (excluding diaryl/α,β-unsaturated/α-hetero) is 1. The minimum absolute atomic E-state index is 0.0480. The first kappa shape index (κ1) is 8.74. The van der Waals surface area contributed by atoms with Gasteiger partial charge in [-0.05, 0) is 30.7 Å². The molecule has 0 atom stereocenters. The lowest BCUT2D eigenvalue weighted by molar-refractivity contribution is 0.0903. The van der Waals surface area contributed by atoms with E-state index in [0.717, 1.165) is 5.56 Å². The van der Waals surface area contributed by atoms with E-state index in [1.54, 1.807) is 19.1 Å². The predicted molar refractivity (Wildman–Crippen MR) is 44.3 cm³/mol. The van der Waals surface area contributed by atoms with Crippen molar-refractivity contribution in [2.24, 2.45) is 0 Å². The summed E-state index contributed by atoms with van der Waals surface area (Å²) in [7, 11) is 0. The summed E-state index contributed by atoms with van der Waals surface area (Å²) in [6.07, 6.45) is 0. The Bertz CT molecular complexity index is 284. The van der Waals surface area contributed by atoms with Gasteiger partial charge in [0.25, 0.3) is 0 Å². The third-order valence-electron chi connectivity index (χ3n) is 1.53. The molecule has 3 nitrogen and oxygen atoms in total. The first-order valence-corrected chi connectivity index (χ1v) is 3.58. The Labute approximate surface area is 70.3 Å². The number of aliphatic hydroxyl groups is 1.